The average molecular weight is 284 g/mol. The Bertz CT molecular complexity index is 620. The SMILES string of the molecule is Cn1cc(C(=O)OCc2ccccc2C(F)(F)F)cn1. The molecule has 0 atom stereocenters. The topological polar surface area (TPSA) is 44.1 Å². The summed E-state index contributed by atoms with van der Waals surface area (Å²) in [5.74, 6) is -0.713. The molecular weight excluding hydrogens is 273 g/mol. The molecule has 0 aliphatic carbocycles. The molecule has 20 heavy (non-hydrogen) atoms. The van der Waals surface area contributed by atoms with Crippen LogP contribution < -0.4 is 0 Å². The molecule has 0 amide bonds. The van der Waals surface area contributed by atoms with Crippen molar-refractivity contribution in [1.29, 1.82) is 0 Å². The fraction of sp³-hybridized carbons (Fsp3) is 0.231. The maximum Gasteiger partial charge on any atom is 0.416 e. The Morgan fingerprint density at radius 1 is 1.35 bits per heavy atom. The number of esters is 1. The number of aryl methyl sites for hydroxylation is 1. The summed E-state index contributed by atoms with van der Waals surface area (Å²) in [6, 6.07) is 4.98. The third kappa shape index (κ3) is 3.17. The molecule has 0 bridgehead atoms. The van der Waals surface area contributed by atoms with E-state index in [4.69, 9.17) is 4.74 Å². The number of carbonyl (C=O) groups excluding carboxylic acids is 1. The molecular formula is C13H11F3N2O2. The molecule has 0 saturated carbocycles. The molecule has 0 saturated heterocycles. The van der Waals surface area contributed by atoms with Crippen molar-refractivity contribution in [2.45, 2.75) is 12.8 Å². The summed E-state index contributed by atoms with van der Waals surface area (Å²) >= 11 is 0. The first-order valence-electron chi connectivity index (χ1n) is 5.69. The number of carbonyl (C=O) groups is 1. The minimum Gasteiger partial charge on any atom is -0.457 e. The Labute approximate surface area is 112 Å². The first-order valence-corrected chi connectivity index (χ1v) is 5.69. The van der Waals surface area contributed by atoms with Gasteiger partial charge in [0.2, 0.25) is 0 Å². The highest BCUT2D eigenvalue weighted by Gasteiger charge is 2.33. The number of nitrogens with zero attached hydrogens (tertiary/aromatic N) is 2. The second-order valence-corrected chi connectivity index (χ2v) is 4.13. The Hall–Kier alpha value is -2.31. The normalized spacial score (nSPS) is 11.4. The number of hydrogen-bond acceptors (Lipinski definition) is 3. The van der Waals surface area contributed by atoms with Crippen LogP contribution in [0.15, 0.2) is 36.7 Å². The first kappa shape index (κ1) is 14.1. The maximum atomic E-state index is 12.7. The number of benzene rings is 1. The Morgan fingerprint density at radius 3 is 2.65 bits per heavy atom. The quantitative estimate of drug-likeness (QED) is 0.814. The molecule has 0 aliphatic rings. The van der Waals surface area contributed by atoms with Gasteiger partial charge in [0.05, 0.1) is 17.3 Å². The van der Waals surface area contributed by atoms with E-state index in [1.807, 2.05) is 0 Å². The number of halogens is 3. The zero-order valence-electron chi connectivity index (χ0n) is 10.5. The molecule has 106 valence electrons. The van der Waals surface area contributed by atoms with E-state index in [0.717, 1.165) is 6.07 Å². The molecule has 4 nitrogen and oxygen atoms in total. The molecule has 2 rings (SSSR count). The minimum atomic E-state index is -4.47. The van der Waals surface area contributed by atoms with Crippen molar-refractivity contribution in [3.05, 3.63) is 53.3 Å². The van der Waals surface area contributed by atoms with Crippen molar-refractivity contribution in [2.24, 2.45) is 7.05 Å². The standard InChI is InChI=1S/C13H11F3N2O2/c1-18-7-10(6-17-18)12(19)20-8-9-4-2-3-5-11(9)13(14,15)16/h2-7H,8H2,1H3. The smallest absolute Gasteiger partial charge is 0.416 e. The van der Waals surface area contributed by atoms with Crippen molar-refractivity contribution >= 4 is 5.97 Å². The predicted octanol–water partition coefficient (Wildman–Crippen LogP) is 2.80. The second-order valence-electron chi connectivity index (χ2n) is 4.13. The fourth-order valence-corrected chi connectivity index (χ4v) is 1.68. The Balaban J connectivity index is 2.10. The van der Waals surface area contributed by atoms with E-state index < -0.39 is 24.3 Å². The number of alkyl halides is 3. The van der Waals surface area contributed by atoms with Gasteiger partial charge in [-0.25, -0.2) is 4.79 Å². The minimum absolute atomic E-state index is 0.0859. The van der Waals surface area contributed by atoms with Gasteiger partial charge < -0.3 is 4.74 Å². The average Bonchev–Trinajstić information content (AvgIpc) is 2.82. The summed E-state index contributed by atoms with van der Waals surface area (Å²) in [6.45, 7) is -0.441. The molecule has 1 heterocycles. The second kappa shape index (κ2) is 5.36. The van der Waals surface area contributed by atoms with E-state index in [2.05, 4.69) is 5.10 Å². The molecule has 7 heteroatoms. The van der Waals surface area contributed by atoms with Crippen LogP contribution in [0.4, 0.5) is 13.2 Å². The van der Waals surface area contributed by atoms with Crippen LogP contribution in [-0.2, 0) is 24.6 Å². The highest BCUT2D eigenvalue weighted by molar-refractivity contribution is 5.88. The van der Waals surface area contributed by atoms with Crippen molar-refractivity contribution in [3.63, 3.8) is 0 Å². The highest BCUT2D eigenvalue weighted by atomic mass is 19.4. The van der Waals surface area contributed by atoms with Gasteiger partial charge in [-0.2, -0.15) is 18.3 Å². The lowest BCUT2D eigenvalue weighted by Gasteiger charge is -2.12. The van der Waals surface area contributed by atoms with E-state index >= 15 is 0 Å². The summed E-state index contributed by atoms with van der Waals surface area (Å²) < 4.78 is 44.5. The van der Waals surface area contributed by atoms with Gasteiger partial charge in [-0.05, 0) is 6.07 Å². The van der Waals surface area contributed by atoms with E-state index in [0.29, 0.717) is 0 Å². The van der Waals surface area contributed by atoms with Crippen molar-refractivity contribution in [1.82, 2.24) is 9.78 Å². The van der Waals surface area contributed by atoms with Crippen LogP contribution in [0, 0.1) is 0 Å². The third-order valence-electron chi connectivity index (χ3n) is 2.62. The lowest BCUT2D eigenvalue weighted by Crippen LogP contribution is -2.11. The van der Waals surface area contributed by atoms with Gasteiger partial charge in [0, 0.05) is 18.8 Å². The molecule has 0 radical (unpaired) electrons. The molecule has 1 aromatic heterocycles. The van der Waals surface area contributed by atoms with Gasteiger partial charge in [0.15, 0.2) is 0 Å². The van der Waals surface area contributed by atoms with Crippen LogP contribution in [0.2, 0.25) is 0 Å². The largest absolute Gasteiger partial charge is 0.457 e. The highest BCUT2D eigenvalue weighted by Crippen LogP contribution is 2.32. The van der Waals surface area contributed by atoms with Crippen LogP contribution in [0.3, 0.4) is 0 Å². The maximum absolute atomic E-state index is 12.7. The lowest BCUT2D eigenvalue weighted by atomic mass is 10.1. The van der Waals surface area contributed by atoms with E-state index in [9.17, 15) is 18.0 Å². The van der Waals surface area contributed by atoms with Gasteiger partial charge in [-0.3, -0.25) is 4.68 Å². The van der Waals surface area contributed by atoms with Gasteiger partial charge in [0.25, 0.3) is 0 Å². The van der Waals surface area contributed by atoms with Gasteiger partial charge in [-0.15, -0.1) is 0 Å². The molecule has 0 fully saturated rings. The number of rotatable bonds is 3. The van der Waals surface area contributed by atoms with Crippen molar-refractivity contribution < 1.29 is 22.7 Å². The summed E-state index contributed by atoms with van der Waals surface area (Å²) in [5, 5.41) is 3.79. The van der Waals surface area contributed by atoms with E-state index in [1.165, 1.54) is 35.3 Å². The monoisotopic (exact) mass is 284 g/mol. The summed E-state index contributed by atoms with van der Waals surface area (Å²) in [4.78, 5) is 11.6. The molecule has 0 N–H and O–H groups in total. The first-order chi connectivity index (χ1) is 9.38. The van der Waals surface area contributed by atoms with Crippen LogP contribution in [0.1, 0.15) is 21.5 Å². The van der Waals surface area contributed by atoms with Crippen molar-refractivity contribution in [3.8, 4) is 0 Å². The summed E-state index contributed by atoms with van der Waals surface area (Å²) in [6.07, 6.45) is -1.76. The Morgan fingerprint density at radius 2 is 2.05 bits per heavy atom. The predicted molar refractivity (Wildman–Crippen MR) is 63.8 cm³/mol. The van der Waals surface area contributed by atoms with Crippen LogP contribution in [-0.4, -0.2) is 15.7 Å². The fourth-order valence-electron chi connectivity index (χ4n) is 1.68. The van der Waals surface area contributed by atoms with Crippen LogP contribution >= 0.6 is 0 Å². The van der Waals surface area contributed by atoms with Crippen LogP contribution in [0.25, 0.3) is 0 Å². The molecule has 2 aromatic rings. The lowest BCUT2D eigenvalue weighted by molar-refractivity contribution is -0.138. The molecule has 1 aromatic carbocycles. The zero-order valence-corrected chi connectivity index (χ0v) is 10.5. The van der Waals surface area contributed by atoms with Gasteiger partial charge in [-0.1, -0.05) is 18.2 Å². The molecule has 0 unspecified atom stereocenters. The Kier molecular flexibility index (Phi) is 3.78. The molecule has 0 spiro atoms. The number of ether oxygens (including phenoxy) is 1. The summed E-state index contributed by atoms with van der Waals surface area (Å²) in [5.41, 5.74) is -0.701. The summed E-state index contributed by atoms with van der Waals surface area (Å²) in [7, 11) is 1.62. The number of aromatic nitrogens is 2. The van der Waals surface area contributed by atoms with Gasteiger partial charge in [0.1, 0.15) is 6.61 Å². The van der Waals surface area contributed by atoms with E-state index in [-0.39, 0.29) is 11.1 Å². The van der Waals surface area contributed by atoms with Crippen LogP contribution in [0.5, 0.6) is 0 Å². The number of hydrogen-bond donors (Lipinski definition) is 0. The zero-order chi connectivity index (χ0) is 14.8. The third-order valence-corrected chi connectivity index (χ3v) is 2.62. The van der Waals surface area contributed by atoms with Crippen molar-refractivity contribution in [2.75, 3.05) is 0 Å². The van der Waals surface area contributed by atoms with Gasteiger partial charge >= 0.3 is 12.1 Å². The van der Waals surface area contributed by atoms with E-state index in [1.54, 1.807) is 7.05 Å². The molecule has 0 aliphatic heterocycles.